The lowest BCUT2D eigenvalue weighted by atomic mass is 9.48. The summed E-state index contributed by atoms with van der Waals surface area (Å²) in [4.78, 5) is 26.1. The molecular formula is C22H31NO3. The largest absolute Gasteiger partial charge is 0.478 e. The summed E-state index contributed by atoms with van der Waals surface area (Å²) in [7, 11) is 0. The van der Waals surface area contributed by atoms with Crippen LogP contribution in [0.1, 0.15) is 65.7 Å². The fourth-order valence-corrected chi connectivity index (χ4v) is 6.89. The van der Waals surface area contributed by atoms with Crippen molar-refractivity contribution in [3.05, 3.63) is 23.3 Å². The molecule has 4 rings (SSSR count). The highest BCUT2D eigenvalue weighted by molar-refractivity contribution is 5.87. The molecule has 1 heterocycles. The first-order valence-electron chi connectivity index (χ1n) is 10.3. The maximum atomic E-state index is 12.5. The van der Waals surface area contributed by atoms with Gasteiger partial charge in [-0.15, -0.1) is 0 Å². The van der Waals surface area contributed by atoms with Crippen molar-refractivity contribution in [1.82, 2.24) is 4.90 Å². The number of allylic oxidation sites excluding steroid dienone is 3. The van der Waals surface area contributed by atoms with Crippen LogP contribution in [-0.4, -0.2) is 34.0 Å². The lowest BCUT2D eigenvalue weighted by Crippen LogP contribution is -2.63. The summed E-state index contributed by atoms with van der Waals surface area (Å²) in [6.07, 6.45) is 10.9. The minimum atomic E-state index is -0.768. The van der Waals surface area contributed by atoms with E-state index in [1.165, 1.54) is 5.57 Å². The zero-order valence-electron chi connectivity index (χ0n) is 16.3. The number of nitrogens with zero attached hydrogens (tertiary/aromatic N) is 1. The van der Waals surface area contributed by atoms with Gasteiger partial charge < -0.3 is 10.0 Å². The number of carboxylic acids is 1. The van der Waals surface area contributed by atoms with Crippen LogP contribution in [0.4, 0.5) is 0 Å². The van der Waals surface area contributed by atoms with E-state index in [2.05, 4.69) is 31.7 Å². The lowest BCUT2D eigenvalue weighted by Gasteiger charge is -2.61. The fourth-order valence-electron chi connectivity index (χ4n) is 6.89. The van der Waals surface area contributed by atoms with Crippen molar-refractivity contribution >= 4 is 11.9 Å². The highest BCUT2D eigenvalue weighted by Gasteiger charge is 2.57. The Hall–Kier alpha value is -1.58. The summed E-state index contributed by atoms with van der Waals surface area (Å²) < 4.78 is 0. The van der Waals surface area contributed by atoms with Crippen LogP contribution in [0.2, 0.25) is 0 Å². The molecule has 0 bridgehead atoms. The maximum Gasteiger partial charge on any atom is 0.331 e. The molecule has 0 aromatic heterocycles. The predicted molar refractivity (Wildman–Crippen MR) is 100 cm³/mol. The van der Waals surface area contributed by atoms with Gasteiger partial charge in [0.1, 0.15) is 0 Å². The SMILES string of the molecule is CCN1C(=O)CC[C@H]2[C@@H]3CC=C4C=C(C(=O)O)CC[C@]4(C)[C@H]3CC[C@@]21C. The average molecular weight is 357 g/mol. The predicted octanol–water partition coefficient (Wildman–Crippen LogP) is 4.17. The third-order valence-corrected chi connectivity index (χ3v) is 8.30. The molecule has 0 aromatic rings. The number of fused-ring (bicyclic) bond motifs is 5. The Kier molecular flexibility index (Phi) is 4.09. The van der Waals surface area contributed by atoms with Gasteiger partial charge in [0.15, 0.2) is 0 Å². The van der Waals surface area contributed by atoms with E-state index in [1.54, 1.807) is 0 Å². The molecule has 1 aliphatic heterocycles. The maximum absolute atomic E-state index is 12.5. The molecule has 26 heavy (non-hydrogen) atoms. The van der Waals surface area contributed by atoms with Crippen LogP contribution in [0.25, 0.3) is 0 Å². The van der Waals surface area contributed by atoms with Crippen molar-refractivity contribution in [2.24, 2.45) is 23.2 Å². The van der Waals surface area contributed by atoms with Gasteiger partial charge in [0.25, 0.3) is 0 Å². The summed E-state index contributed by atoms with van der Waals surface area (Å²) in [6, 6.07) is 0. The van der Waals surface area contributed by atoms with Crippen LogP contribution in [0.3, 0.4) is 0 Å². The Balaban J connectivity index is 1.69. The van der Waals surface area contributed by atoms with E-state index in [4.69, 9.17) is 0 Å². The first-order chi connectivity index (χ1) is 12.3. The van der Waals surface area contributed by atoms with Gasteiger partial charge in [-0.05, 0) is 87.2 Å². The molecule has 4 heteroatoms. The summed E-state index contributed by atoms with van der Waals surface area (Å²) >= 11 is 0. The van der Waals surface area contributed by atoms with Gasteiger partial charge in [-0.2, -0.15) is 0 Å². The van der Waals surface area contributed by atoms with Crippen LogP contribution < -0.4 is 0 Å². The molecule has 4 nitrogen and oxygen atoms in total. The van der Waals surface area contributed by atoms with Gasteiger partial charge in [0.2, 0.25) is 5.91 Å². The first kappa shape index (κ1) is 17.8. The second-order valence-electron chi connectivity index (χ2n) is 9.24. The van der Waals surface area contributed by atoms with Crippen LogP contribution >= 0.6 is 0 Å². The first-order valence-corrected chi connectivity index (χ1v) is 10.3. The standard InChI is InChI=1S/C22H31NO3/c1-4-23-19(24)8-7-18-16-6-5-15-13-14(20(25)26)9-11-21(15,2)17(16)10-12-22(18,23)3/h5,13,16-18H,4,6-12H2,1-3H3,(H,25,26)/t16-,17+,18+,21+,22+/m1/s1. The normalized spacial score (nSPS) is 42.2. The number of carbonyl (C=O) groups excluding carboxylic acids is 1. The summed E-state index contributed by atoms with van der Waals surface area (Å²) in [6.45, 7) is 7.60. The Bertz CT molecular complexity index is 708. The van der Waals surface area contributed by atoms with Crippen molar-refractivity contribution in [3.8, 4) is 0 Å². The van der Waals surface area contributed by atoms with Gasteiger partial charge in [-0.3, -0.25) is 4.79 Å². The molecule has 1 amide bonds. The Morgan fingerprint density at radius 1 is 1.23 bits per heavy atom. The van der Waals surface area contributed by atoms with Gasteiger partial charge in [0.05, 0.1) is 0 Å². The summed E-state index contributed by atoms with van der Waals surface area (Å²) in [5.41, 5.74) is 1.92. The van der Waals surface area contributed by atoms with Crippen molar-refractivity contribution in [3.63, 3.8) is 0 Å². The Morgan fingerprint density at radius 3 is 2.69 bits per heavy atom. The molecule has 1 saturated carbocycles. The molecule has 0 unspecified atom stereocenters. The molecule has 0 spiro atoms. The molecule has 1 saturated heterocycles. The van der Waals surface area contributed by atoms with E-state index in [9.17, 15) is 14.7 Å². The molecule has 0 radical (unpaired) electrons. The van der Waals surface area contributed by atoms with Crippen LogP contribution in [0.15, 0.2) is 23.3 Å². The van der Waals surface area contributed by atoms with Crippen molar-refractivity contribution < 1.29 is 14.7 Å². The van der Waals surface area contributed by atoms with Crippen LogP contribution in [-0.2, 0) is 9.59 Å². The average Bonchev–Trinajstić information content (AvgIpc) is 2.59. The third kappa shape index (κ3) is 2.33. The molecule has 5 atom stereocenters. The second kappa shape index (κ2) is 5.97. The number of carboxylic acid groups (broad SMARTS) is 1. The number of aliphatic carboxylic acids is 1. The van der Waals surface area contributed by atoms with Crippen LogP contribution in [0, 0.1) is 23.2 Å². The third-order valence-electron chi connectivity index (χ3n) is 8.30. The van der Waals surface area contributed by atoms with Gasteiger partial charge in [-0.25, -0.2) is 4.79 Å². The highest BCUT2D eigenvalue weighted by Crippen LogP contribution is 2.61. The van der Waals surface area contributed by atoms with E-state index in [0.717, 1.165) is 38.6 Å². The van der Waals surface area contributed by atoms with Crippen LogP contribution in [0.5, 0.6) is 0 Å². The second-order valence-corrected chi connectivity index (χ2v) is 9.24. The number of hydrogen-bond donors (Lipinski definition) is 1. The Labute approximate surface area is 156 Å². The number of amides is 1. The molecular weight excluding hydrogens is 326 g/mol. The number of piperidine rings is 1. The van der Waals surface area contributed by atoms with Gasteiger partial charge >= 0.3 is 5.97 Å². The minimum absolute atomic E-state index is 0.00365. The molecule has 2 fully saturated rings. The van der Waals surface area contributed by atoms with E-state index >= 15 is 0 Å². The molecule has 3 aliphatic carbocycles. The van der Waals surface area contributed by atoms with E-state index in [0.29, 0.717) is 42.1 Å². The van der Waals surface area contributed by atoms with Crippen molar-refractivity contribution in [1.29, 1.82) is 0 Å². The van der Waals surface area contributed by atoms with Crippen molar-refractivity contribution in [2.75, 3.05) is 6.54 Å². The summed E-state index contributed by atoms with van der Waals surface area (Å²) in [5.74, 6) is 1.35. The number of rotatable bonds is 2. The number of hydrogen-bond acceptors (Lipinski definition) is 2. The number of likely N-dealkylation sites (tertiary alicyclic amines) is 1. The Morgan fingerprint density at radius 2 is 2.00 bits per heavy atom. The topological polar surface area (TPSA) is 57.6 Å². The molecule has 142 valence electrons. The van der Waals surface area contributed by atoms with E-state index in [-0.39, 0.29) is 11.0 Å². The quantitative estimate of drug-likeness (QED) is 0.807. The zero-order chi connectivity index (χ0) is 18.7. The smallest absolute Gasteiger partial charge is 0.331 e. The zero-order valence-corrected chi connectivity index (χ0v) is 16.3. The monoisotopic (exact) mass is 357 g/mol. The van der Waals surface area contributed by atoms with E-state index < -0.39 is 5.97 Å². The number of carbonyl (C=O) groups is 2. The minimum Gasteiger partial charge on any atom is -0.478 e. The molecule has 4 aliphatic rings. The van der Waals surface area contributed by atoms with Crippen molar-refractivity contribution in [2.45, 2.75) is 71.3 Å². The van der Waals surface area contributed by atoms with Gasteiger partial charge in [0, 0.05) is 24.1 Å². The fraction of sp³-hybridized carbons (Fsp3) is 0.727. The molecule has 0 aromatic carbocycles. The van der Waals surface area contributed by atoms with E-state index in [1.807, 2.05) is 6.08 Å². The summed E-state index contributed by atoms with van der Waals surface area (Å²) in [5, 5.41) is 9.38. The lowest BCUT2D eigenvalue weighted by molar-refractivity contribution is -0.156. The van der Waals surface area contributed by atoms with Gasteiger partial charge in [-0.1, -0.05) is 13.0 Å². The molecule has 1 N–H and O–H groups in total. The highest BCUT2D eigenvalue weighted by atomic mass is 16.4.